The Labute approximate surface area is 90.5 Å². The Kier molecular flexibility index (Phi) is 5.46. The zero-order valence-electron chi connectivity index (χ0n) is 8.76. The summed E-state index contributed by atoms with van der Waals surface area (Å²) in [7, 11) is 0. The summed E-state index contributed by atoms with van der Waals surface area (Å²) in [4.78, 5) is 0. The van der Waals surface area contributed by atoms with E-state index >= 15 is 0 Å². The maximum absolute atomic E-state index is 8.74. The summed E-state index contributed by atoms with van der Waals surface area (Å²) in [5, 5.41) is 18.4. The highest BCUT2D eigenvalue weighted by Gasteiger charge is 2.04. The number of piperidine rings is 1. The van der Waals surface area contributed by atoms with Crippen molar-refractivity contribution in [2.75, 3.05) is 13.1 Å². The molecule has 0 aliphatic carbocycles. The van der Waals surface area contributed by atoms with E-state index in [9.17, 15) is 0 Å². The number of hydrogen-bond donors (Lipinski definition) is 1. The second kappa shape index (κ2) is 6.99. The Morgan fingerprint density at radius 1 is 1.07 bits per heavy atom. The van der Waals surface area contributed by atoms with Crippen molar-refractivity contribution >= 4 is 0 Å². The Morgan fingerprint density at radius 3 is 2.00 bits per heavy atom. The molecule has 1 N–H and O–H groups in total. The van der Waals surface area contributed by atoms with Crippen LogP contribution in [0.3, 0.4) is 0 Å². The van der Waals surface area contributed by atoms with Crippen molar-refractivity contribution in [3.05, 3.63) is 35.9 Å². The maximum Gasteiger partial charge on any atom is 0.0991 e. The minimum Gasteiger partial charge on any atom is -0.314 e. The third-order valence-electron chi connectivity index (χ3n) is 2.24. The first-order valence-corrected chi connectivity index (χ1v) is 5.22. The van der Waals surface area contributed by atoms with E-state index in [-0.39, 0.29) is 0 Å². The van der Waals surface area contributed by atoms with Gasteiger partial charge in [0.2, 0.25) is 0 Å². The minimum absolute atomic E-state index is 0.715. The van der Waals surface area contributed by atoms with Crippen molar-refractivity contribution in [1.82, 2.24) is 5.06 Å². The van der Waals surface area contributed by atoms with Crippen molar-refractivity contribution in [3.8, 4) is 6.07 Å². The van der Waals surface area contributed by atoms with Crippen LogP contribution in [0.5, 0.6) is 0 Å². The van der Waals surface area contributed by atoms with Gasteiger partial charge < -0.3 is 5.21 Å². The van der Waals surface area contributed by atoms with Gasteiger partial charge in [-0.15, -0.1) is 0 Å². The second-order valence-corrected chi connectivity index (χ2v) is 3.49. The fraction of sp³-hybridized carbons (Fsp3) is 0.417. The summed E-state index contributed by atoms with van der Waals surface area (Å²) in [5.41, 5.74) is 0.715. The van der Waals surface area contributed by atoms with Gasteiger partial charge in [0.1, 0.15) is 0 Å². The Morgan fingerprint density at radius 2 is 1.67 bits per heavy atom. The van der Waals surface area contributed by atoms with Gasteiger partial charge in [0.15, 0.2) is 0 Å². The molecular weight excluding hydrogens is 188 g/mol. The molecule has 1 aliphatic rings. The zero-order valence-corrected chi connectivity index (χ0v) is 8.76. The van der Waals surface area contributed by atoms with Crippen molar-refractivity contribution in [2.24, 2.45) is 0 Å². The van der Waals surface area contributed by atoms with Gasteiger partial charge in [-0.05, 0) is 25.0 Å². The van der Waals surface area contributed by atoms with Crippen molar-refractivity contribution in [2.45, 2.75) is 19.3 Å². The number of nitriles is 1. The van der Waals surface area contributed by atoms with Crippen LogP contribution < -0.4 is 0 Å². The maximum atomic E-state index is 8.74. The first kappa shape index (κ1) is 11.7. The molecule has 15 heavy (non-hydrogen) atoms. The van der Waals surface area contributed by atoms with Gasteiger partial charge in [-0.3, -0.25) is 0 Å². The van der Waals surface area contributed by atoms with Gasteiger partial charge in [0, 0.05) is 13.1 Å². The minimum atomic E-state index is 0.715. The molecule has 1 aromatic carbocycles. The molecule has 1 aliphatic heterocycles. The van der Waals surface area contributed by atoms with Crippen LogP contribution in [0.15, 0.2) is 30.3 Å². The molecule has 0 radical (unpaired) electrons. The third kappa shape index (κ3) is 5.16. The summed E-state index contributed by atoms with van der Waals surface area (Å²) in [6, 6.07) is 11.2. The summed E-state index contributed by atoms with van der Waals surface area (Å²) in [6.45, 7) is 1.75. The number of rotatable bonds is 0. The van der Waals surface area contributed by atoms with Crippen molar-refractivity contribution in [3.63, 3.8) is 0 Å². The Balaban J connectivity index is 0.000000151. The third-order valence-corrected chi connectivity index (χ3v) is 2.24. The fourth-order valence-corrected chi connectivity index (χ4v) is 1.39. The molecule has 1 aromatic rings. The highest BCUT2D eigenvalue weighted by atomic mass is 16.5. The van der Waals surface area contributed by atoms with Crippen molar-refractivity contribution in [1.29, 1.82) is 5.26 Å². The van der Waals surface area contributed by atoms with Crippen LogP contribution in [0, 0.1) is 11.3 Å². The highest BCUT2D eigenvalue weighted by Crippen LogP contribution is 2.04. The molecule has 0 unspecified atom stereocenters. The SMILES string of the molecule is N#Cc1ccccc1.ON1CCCCC1. The lowest BCUT2D eigenvalue weighted by atomic mass is 10.2. The quantitative estimate of drug-likeness (QED) is 0.706. The zero-order chi connectivity index (χ0) is 10.9. The standard InChI is InChI=1S/C7H5N.C5H11NO/c8-6-7-4-2-1-3-5-7;7-6-4-2-1-3-5-6/h1-5H;7H,1-5H2. The van der Waals surface area contributed by atoms with Gasteiger partial charge in [-0.25, -0.2) is 0 Å². The smallest absolute Gasteiger partial charge is 0.0991 e. The molecule has 3 nitrogen and oxygen atoms in total. The number of hydrogen-bond acceptors (Lipinski definition) is 3. The number of nitrogens with zero attached hydrogens (tertiary/aromatic N) is 2. The van der Waals surface area contributed by atoms with Crippen LogP contribution in [0.4, 0.5) is 0 Å². The van der Waals surface area contributed by atoms with E-state index in [1.165, 1.54) is 11.5 Å². The molecule has 0 bridgehead atoms. The Bertz CT molecular complexity index is 299. The summed E-state index contributed by atoms with van der Waals surface area (Å²) < 4.78 is 0. The van der Waals surface area contributed by atoms with Crippen LogP contribution >= 0.6 is 0 Å². The topological polar surface area (TPSA) is 47.3 Å². The monoisotopic (exact) mass is 204 g/mol. The molecule has 0 amide bonds. The molecule has 1 fully saturated rings. The van der Waals surface area contributed by atoms with Crippen molar-refractivity contribution < 1.29 is 5.21 Å². The van der Waals surface area contributed by atoms with Gasteiger partial charge in [0.25, 0.3) is 0 Å². The van der Waals surface area contributed by atoms with E-state index in [4.69, 9.17) is 10.5 Å². The molecule has 0 atom stereocenters. The van der Waals surface area contributed by atoms with Gasteiger partial charge in [0.05, 0.1) is 11.6 Å². The van der Waals surface area contributed by atoms with Gasteiger partial charge in [-0.2, -0.15) is 10.3 Å². The predicted octanol–water partition coefficient (Wildman–Crippen LogP) is 2.42. The largest absolute Gasteiger partial charge is 0.314 e. The van der Waals surface area contributed by atoms with E-state index in [2.05, 4.69) is 0 Å². The van der Waals surface area contributed by atoms with E-state index in [1.54, 1.807) is 12.1 Å². The summed E-state index contributed by atoms with van der Waals surface area (Å²) in [5.74, 6) is 0. The lowest BCUT2D eigenvalue weighted by molar-refractivity contribution is -0.103. The van der Waals surface area contributed by atoms with E-state index in [1.807, 2.05) is 24.3 Å². The van der Waals surface area contributed by atoms with Gasteiger partial charge in [-0.1, -0.05) is 24.6 Å². The van der Waals surface area contributed by atoms with E-state index < -0.39 is 0 Å². The fourth-order valence-electron chi connectivity index (χ4n) is 1.39. The Hall–Kier alpha value is -1.37. The lowest BCUT2D eigenvalue weighted by Gasteiger charge is -2.18. The molecule has 1 saturated heterocycles. The first-order chi connectivity index (χ1) is 7.33. The predicted molar refractivity (Wildman–Crippen MR) is 58.4 cm³/mol. The number of benzene rings is 1. The van der Waals surface area contributed by atoms with E-state index in [0.717, 1.165) is 25.9 Å². The normalized spacial score (nSPS) is 16.0. The lowest BCUT2D eigenvalue weighted by Crippen LogP contribution is -2.25. The molecule has 1 heterocycles. The van der Waals surface area contributed by atoms with Gasteiger partial charge >= 0.3 is 0 Å². The molecular formula is C12H16N2O. The molecule has 3 heteroatoms. The number of hydroxylamine groups is 2. The average Bonchev–Trinajstić information content (AvgIpc) is 2.32. The van der Waals surface area contributed by atoms with Crippen LogP contribution in [-0.2, 0) is 0 Å². The first-order valence-electron chi connectivity index (χ1n) is 5.22. The molecule has 2 rings (SSSR count). The van der Waals surface area contributed by atoms with Crippen LogP contribution in [0.2, 0.25) is 0 Å². The van der Waals surface area contributed by atoms with Crippen LogP contribution in [-0.4, -0.2) is 23.4 Å². The van der Waals surface area contributed by atoms with Crippen LogP contribution in [0.25, 0.3) is 0 Å². The molecule has 80 valence electrons. The molecule has 0 aromatic heterocycles. The average molecular weight is 204 g/mol. The summed E-state index contributed by atoms with van der Waals surface area (Å²) in [6.07, 6.45) is 3.62. The second-order valence-electron chi connectivity index (χ2n) is 3.49. The van der Waals surface area contributed by atoms with E-state index in [0.29, 0.717) is 5.56 Å². The summed E-state index contributed by atoms with van der Waals surface area (Å²) >= 11 is 0. The molecule has 0 saturated carbocycles. The molecule has 0 spiro atoms. The highest BCUT2D eigenvalue weighted by molar-refractivity contribution is 5.27. The van der Waals surface area contributed by atoms with Crippen LogP contribution in [0.1, 0.15) is 24.8 Å².